The van der Waals surface area contributed by atoms with Crippen LogP contribution in [0.3, 0.4) is 0 Å². The third-order valence-electron chi connectivity index (χ3n) is 8.64. The van der Waals surface area contributed by atoms with Crippen molar-refractivity contribution in [2.24, 2.45) is 0 Å². The van der Waals surface area contributed by atoms with Gasteiger partial charge in [-0.25, -0.2) is 15.0 Å². The van der Waals surface area contributed by atoms with E-state index in [9.17, 15) is 4.79 Å². The van der Waals surface area contributed by atoms with Crippen LogP contribution in [0.4, 0.5) is 28.7 Å². The van der Waals surface area contributed by atoms with Gasteiger partial charge in [0.25, 0.3) is 0 Å². The van der Waals surface area contributed by atoms with E-state index in [0.717, 1.165) is 43.9 Å². The van der Waals surface area contributed by atoms with Crippen molar-refractivity contribution in [1.82, 2.24) is 14.9 Å². The highest BCUT2D eigenvalue weighted by molar-refractivity contribution is 6.42. The van der Waals surface area contributed by atoms with Gasteiger partial charge >= 0.3 is 0 Å². The molecule has 3 heterocycles. The van der Waals surface area contributed by atoms with Gasteiger partial charge in [-0.3, -0.25) is 14.5 Å². The summed E-state index contributed by atoms with van der Waals surface area (Å²) in [6, 6.07) is 11.8. The molecule has 44 heavy (non-hydrogen) atoms. The summed E-state index contributed by atoms with van der Waals surface area (Å²) in [4.78, 5) is 32.3. The van der Waals surface area contributed by atoms with E-state index in [1.807, 2.05) is 24.3 Å². The van der Waals surface area contributed by atoms with E-state index < -0.39 is 0 Å². The van der Waals surface area contributed by atoms with Crippen molar-refractivity contribution in [3.8, 4) is 5.75 Å². The molecule has 232 valence electrons. The summed E-state index contributed by atoms with van der Waals surface area (Å²) < 4.78 is 5.83. The summed E-state index contributed by atoms with van der Waals surface area (Å²) in [5.41, 5.74) is 3.08. The number of rotatable bonds is 9. The molecule has 1 unspecified atom stereocenters. The number of piperazine rings is 1. The second-order valence-corrected chi connectivity index (χ2v) is 12.0. The summed E-state index contributed by atoms with van der Waals surface area (Å²) in [6.45, 7) is 7.87. The number of hydrogen-bond donors (Lipinski definition) is 2. The van der Waals surface area contributed by atoms with Crippen LogP contribution in [0.1, 0.15) is 43.7 Å². The minimum absolute atomic E-state index is 0.160. The number of hydroxylamine groups is 1. The maximum Gasteiger partial charge on any atom is 0.247 e. The van der Waals surface area contributed by atoms with E-state index in [0.29, 0.717) is 51.5 Å². The molecule has 2 aromatic carbocycles. The van der Waals surface area contributed by atoms with Crippen LogP contribution in [-0.2, 0) is 9.63 Å². The van der Waals surface area contributed by atoms with E-state index >= 15 is 0 Å². The third-order valence-corrected chi connectivity index (χ3v) is 9.48. The fourth-order valence-corrected chi connectivity index (χ4v) is 6.84. The van der Waals surface area contributed by atoms with Gasteiger partial charge in [0, 0.05) is 50.8 Å². The summed E-state index contributed by atoms with van der Waals surface area (Å²) in [5, 5.41) is 9.09. The lowest BCUT2D eigenvalue weighted by Gasteiger charge is -2.40. The molecule has 6 rings (SSSR count). The van der Waals surface area contributed by atoms with Crippen LogP contribution >= 0.6 is 23.2 Å². The zero-order valence-electron chi connectivity index (χ0n) is 24.8. The topological polar surface area (TPSA) is 95.1 Å². The van der Waals surface area contributed by atoms with Gasteiger partial charge in [-0.2, -0.15) is 0 Å². The number of hydrogen-bond acceptors (Lipinski definition) is 9. The molecule has 3 aromatic rings. The van der Waals surface area contributed by atoms with Gasteiger partial charge in [-0.1, -0.05) is 54.8 Å². The lowest BCUT2D eigenvalue weighted by Crippen LogP contribution is -2.49. The van der Waals surface area contributed by atoms with Crippen LogP contribution in [0.5, 0.6) is 5.75 Å². The van der Waals surface area contributed by atoms with E-state index in [1.165, 1.54) is 38.1 Å². The number of halogens is 2. The Hall–Kier alpha value is -3.57. The minimum atomic E-state index is -0.284. The van der Waals surface area contributed by atoms with Crippen LogP contribution in [-0.4, -0.2) is 66.7 Å². The van der Waals surface area contributed by atoms with E-state index in [2.05, 4.69) is 37.0 Å². The van der Waals surface area contributed by atoms with Gasteiger partial charge in [0.05, 0.1) is 46.9 Å². The lowest BCUT2D eigenvalue weighted by molar-refractivity contribution is -0.111. The van der Waals surface area contributed by atoms with Crippen molar-refractivity contribution >= 4 is 57.8 Å². The van der Waals surface area contributed by atoms with E-state index in [-0.39, 0.29) is 11.9 Å². The van der Waals surface area contributed by atoms with Gasteiger partial charge in [-0.15, -0.1) is 0 Å². The molecule has 0 radical (unpaired) electrons. The monoisotopic (exact) mass is 637 g/mol. The molecule has 0 bridgehead atoms. The molecule has 1 atom stereocenters. The standard InChI is InChI=1S/C32H37Cl2N7O3/c1-3-31(42)38-24-17-25(28(43-2)18-27(24)40-14-12-39(13-15-40)21-7-4-5-8-21)37-29-19-30(36-20-35-29)41-26(11-16-44-41)22-9-6-10-23(33)32(22)34/h3,6,9-10,17-21,26H,1,4-5,7-8,11-16H2,2H3,(H,38,42)(H,35,36,37). The van der Waals surface area contributed by atoms with Crippen molar-refractivity contribution in [2.75, 3.05) is 60.5 Å². The second kappa shape index (κ2) is 13.6. The highest BCUT2D eigenvalue weighted by atomic mass is 35.5. The minimum Gasteiger partial charge on any atom is -0.494 e. The molecule has 2 N–H and O–H groups in total. The van der Waals surface area contributed by atoms with Gasteiger partial charge in [0.1, 0.15) is 17.9 Å². The summed E-state index contributed by atoms with van der Waals surface area (Å²) in [5.74, 6) is 1.43. The Kier molecular flexibility index (Phi) is 9.42. The molecule has 2 aliphatic heterocycles. The molecule has 1 aromatic heterocycles. The number of carbonyl (C=O) groups is 1. The molecule has 3 fully saturated rings. The predicted octanol–water partition coefficient (Wildman–Crippen LogP) is 6.61. The Morgan fingerprint density at radius 3 is 2.61 bits per heavy atom. The number of anilines is 5. The summed E-state index contributed by atoms with van der Waals surface area (Å²) in [7, 11) is 1.63. The zero-order chi connectivity index (χ0) is 30.6. The number of aromatic nitrogens is 2. The van der Waals surface area contributed by atoms with Crippen LogP contribution in [0.25, 0.3) is 0 Å². The van der Waals surface area contributed by atoms with Gasteiger partial charge < -0.3 is 20.3 Å². The zero-order valence-corrected chi connectivity index (χ0v) is 26.3. The predicted molar refractivity (Wildman–Crippen MR) is 175 cm³/mol. The molecule has 10 nitrogen and oxygen atoms in total. The largest absolute Gasteiger partial charge is 0.494 e. The summed E-state index contributed by atoms with van der Waals surface area (Å²) >= 11 is 12.9. The Morgan fingerprint density at radius 2 is 1.86 bits per heavy atom. The SMILES string of the molecule is C=CC(=O)Nc1cc(Nc2cc(N3OCCC3c3cccc(Cl)c3Cl)ncn2)c(OC)cc1N1CCN(C2CCCC2)CC1. The highest BCUT2D eigenvalue weighted by Crippen LogP contribution is 2.42. The highest BCUT2D eigenvalue weighted by Gasteiger charge is 2.32. The smallest absolute Gasteiger partial charge is 0.247 e. The molecular weight excluding hydrogens is 601 g/mol. The van der Waals surface area contributed by atoms with Crippen molar-refractivity contribution < 1.29 is 14.4 Å². The number of methoxy groups -OCH3 is 1. The Morgan fingerprint density at radius 1 is 1.07 bits per heavy atom. The molecule has 2 saturated heterocycles. The van der Waals surface area contributed by atoms with Crippen LogP contribution < -0.4 is 25.3 Å². The number of amides is 1. The molecule has 3 aliphatic rings. The first-order chi connectivity index (χ1) is 21.4. The van der Waals surface area contributed by atoms with Crippen LogP contribution in [0.15, 0.2) is 55.4 Å². The average molecular weight is 639 g/mol. The maximum absolute atomic E-state index is 12.5. The van der Waals surface area contributed by atoms with Crippen molar-refractivity contribution in [3.63, 3.8) is 0 Å². The Bertz CT molecular complexity index is 1510. The number of nitrogens with one attached hydrogen (secondary N) is 2. The normalized spacial score (nSPS) is 19.3. The second-order valence-electron chi connectivity index (χ2n) is 11.2. The first-order valence-electron chi connectivity index (χ1n) is 15.0. The van der Waals surface area contributed by atoms with Gasteiger partial charge in [0.2, 0.25) is 5.91 Å². The van der Waals surface area contributed by atoms with Crippen LogP contribution in [0.2, 0.25) is 10.0 Å². The quantitative estimate of drug-likeness (QED) is 0.251. The van der Waals surface area contributed by atoms with E-state index in [4.69, 9.17) is 32.8 Å². The van der Waals surface area contributed by atoms with Crippen molar-refractivity contribution in [3.05, 3.63) is 71.0 Å². The number of benzene rings is 2. The van der Waals surface area contributed by atoms with Crippen molar-refractivity contribution in [2.45, 2.75) is 44.2 Å². The molecule has 1 aliphatic carbocycles. The maximum atomic E-state index is 12.5. The van der Waals surface area contributed by atoms with Crippen molar-refractivity contribution in [1.29, 1.82) is 0 Å². The van der Waals surface area contributed by atoms with Gasteiger partial charge in [0.15, 0.2) is 5.82 Å². The first-order valence-corrected chi connectivity index (χ1v) is 15.8. The Balaban J connectivity index is 1.25. The lowest BCUT2D eigenvalue weighted by atomic mass is 10.0. The molecule has 1 saturated carbocycles. The fourth-order valence-electron chi connectivity index (χ4n) is 6.41. The van der Waals surface area contributed by atoms with Crippen LogP contribution in [0, 0.1) is 0 Å². The molecule has 1 amide bonds. The first kappa shape index (κ1) is 30.5. The average Bonchev–Trinajstić information content (AvgIpc) is 3.76. The summed E-state index contributed by atoms with van der Waals surface area (Å²) in [6.07, 6.45) is 8.70. The number of carbonyl (C=O) groups excluding carboxylic acids is 1. The molecular formula is C32H37Cl2N7O3. The third kappa shape index (κ3) is 6.44. The molecule has 12 heteroatoms. The Labute approximate surface area is 267 Å². The number of nitrogens with zero attached hydrogens (tertiary/aromatic N) is 5. The molecule has 0 spiro atoms. The fraction of sp³-hybridized carbons (Fsp3) is 0.406. The number of ether oxygens (including phenoxy) is 1. The van der Waals surface area contributed by atoms with E-state index in [1.54, 1.807) is 24.3 Å². The van der Waals surface area contributed by atoms with Gasteiger partial charge in [-0.05, 0) is 36.6 Å².